The Hall–Kier alpha value is -2.20. The van der Waals surface area contributed by atoms with E-state index in [1.165, 1.54) is 11.8 Å². The number of hydrogen-bond donors (Lipinski definition) is 0. The maximum Gasteiger partial charge on any atom is 0.266 e. The minimum absolute atomic E-state index is 0.107. The van der Waals surface area contributed by atoms with Crippen LogP contribution in [0.4, 0.5) is 0 Å². The van der Waals surface area contributed by atoms with Gasteiger partial charge in [-0.2, -0.15) is 0 Å². The molecule has 2 saturated heterocycles. The fourth-order valence-electron chi connectivity index (χ4n) is 3.32. The summed E-state index contributed by atoms with van der Waals surface area (Å²) < 4.78 is 29.4. The highest BCUT2D eigenvalue weighted by atomic mass is 32.2. The second kappa shape index (κ2) is 9.52. The van der Waals surface area contributed by atoms with Crippen molar-refractivity contribution in [1.82, 2.24) is 9.80 Å². The molecular weight excluding hydrogens is 452 g/mol. The van der Waals surface area contributed by atoms with Crippen molar-refractivity contribution in [2.24, 2.45) is 0 Å². The first kappa shape index (κ1) is 22.0. The number of ether oxygens (including phenoxy) is 1. The molecule has 4 rings (SSSR count). The Balaban J connectivity index is 1.35. The molecule has 0 N–H and O–H groups in total. The Bertz CT molecular complexity index is 1090. The molecular formula is C22H22N2O4S3. The topological polar surface area (TPSA) is 66.9 Å². The lowest BCUT2D eigenvalue weighted by Crippen LogP contribution is -2.44. The number of carbonyl (C=O) groups excluding carboxylic acids is 1. The van der Waals surface area contributed by atoms with E-state index in [9.17, 15) is 13.2 Å². The Morgan fingerprint density at radius 2 is 1.61 bits per heavy atom. The summed E-state index contributed by atoms with van der Waals surface area (Å²) in [7, 11) is -2.91. The molecule has 31 heavy (non-hydrogen) atoms. The number of para-hydroxylation sites is 1. The van der Waals surface area contributed by atoms with Gasteiger partial charge in [0, 0.05) is 26.2 Å². The largest absolute Gasteiger partial charge is 0.457 e. The van der Waals surface area contributed by atoms with Crippen molar-refractivity contribution >= 4 is 50.1 Å². The lowest BCUT2D eigenvalue weighted by atomic mass is 10.2. The van der Waals surface area contributed by atoms with Crippen molar-refractivity contribution in [3.63, 3.8) is 0 Å². The average molecular weight is 475 g/mol. The van der Waals surface area contributed by atoms with Gasteiger partial charge in [-0.25, -0.2) is 8.42 Å². The number of sulfone groups is 1. The smallest absolute Gasteiger partial charge is 0.266 e. The Labute approximate surface area is 191 Å². The number of nitrogens with zero attached hydrogens (tertiary/aromatic N) is 2. The van der Waals surface area contributed by atoms with Gasteiger partial charge in [-0.1, -0.05) is 54.3 Å². The molecule has 0 aliphatic carbocycles. The van der Waals surface area contributed by atoms with E-state index in [0.717, 1.165) is 17.1 Å². The highest BCUT2D eigenvalue weighted by molar-refractivity contribution is 8.26. The fourth-order valence-corrected chi connectivity index (χ4v) is 5.90. The fraction of sp³-hybridized carbons (Fsp3) is 0.273. The monoisotopic (exact) mass is 474 g/mol. The maximum atomic E-state index is 12.8. The molecule has 0 atom stereocenters. The van der Waals surface area contributed by atoms with Gasteiger partial charge in [0.1, 0.15) is 15.8 Å². The molecule has 2 fully saturated rings. The van der Waals surface area contributed by atoms with Gasteiger partial charge in [0.15, 0.2) is 9.84 Å². The number of thiocarbonyl (C=S) groups is 1. The van der Waals surface area contributed by atoms with Crippen LogP contribution in [0.5, 0.6) is 11.5 Å². The van der Waals surface area contributed by atoms with E-state index in [2.05, 4.69) is 4.90 Å². The summed E-state index contributed by atoms with van der Waals surface area (Å²) >= 11 is 6.69. The predicted molar refractivity (Wildman–Crippen MR) is 128 cm³/mol. The van der Waals surface area contributed by atoms with E-state index in [1.54, 1.807) is 4.90 Å². The van der Waals surface area contributed by atoms with E-state index in [4.69, 9.17) is 17.0 Å². The maximum absolute atomic E-state index is 12.8. The summed E-state index contributed by atoms with van der Waals surface area (Å²) in [6.45, 7) is 2.08. The van der Waals surface area contributed by atoms with Crippen LogP contribution in [-0.2, 0) is 14.6 Å². The lowest BCUT2D eigenvalue weighted by molar-refractivity contribution is -0.122. The predicted octanol–water partition coefficient (Wildman–Crippen LogP) is 3.41. The molecule has 2 heterocycles. The van der Waals surface area contributed by atoms with Gasteiger partial charge >= 0.3 is 0 Å². The lowest BCUT2D eigenvalue weighted by Gasteiger charge is -2.28. The van der Waals surface area contributed by atoms with E-state index in [1.807, 2.05) is 60.7 Å². The van der Waals surface area contributed by atoms with Crippen molar-refractivity contribution in [2.75, 3.05) is 37.7 Å². The van der Waals surface area contributed by atoms with Gasteiger partial charge in [-0.3, -0.25) is 14.6 Å². The summed E-state index contributed by atoms with van der Waals surface area (Å²) in [5, 5.41) is 0. The summed E-state index contributed by atoms with van der Waals surface area (Å²) in [5.74, 6) is 1.73. The van der Waals surface area contributed by atoms with Crippen molar-refractivity contribution in [3.05, 3.63) is 65.1 Å². The van der Waals surface area contributed by atoms with E-state index in [0.29, 0.717) is 35.4 Å². The Kier molecular flexibility index (Phi) is 6.76. The minimum atomic E-state index is -2.91. The molecule has 0 radical (unpaired) electrons. The third-order valence-electron chi connectivity index (χ3n) is 5.11. The second-order valence-corrected chi connectivity index (χ2v) is 11.3. The first-order valence-corrected chi connectivity index (χ1v) is 13.0. The van der Waals surface area contributed by atoms with Crippen LogP contribution in [0.1, 0.15) is 5.56 Å². The minimum Gasteiger partial charge on any atom is -0.457 e. The molecule has 2 aliphatic heterocycles. The summed E-state index contributed by atoms with van der Waals surface area (Å²) in [6.07, 6.45) is 1.83. The SMILES string of the molecule is O=C1C(=Cc2ccc(Oc3ccccc3)cc2)SC(=S)N1CCN1CCS(=O)(=O)CC1. The molecule has 1 amide bonds. The van der Waals surface area contributed by atoms with E-state index >= 15 is 0 Å². The van der Waals surface area contributed by atoms with Crippen LogP contribution in [-0.4, -0.2) is 66.1 Å². The van der Waals surface area contributed by atoms with E-state index in [-0.39, 0.29) is 17.4 Å². The normalized spacial score (nSPS) is 20.4. The number of thioether (sulfide) groups is 1. The van der Waals surface area contributed by atoms with Gasteiger partial charge in [-0.05, 0) is 35.9 Å². The summed E-state index contributed by atoms with van der Waals surface area (Å²) in [5.41, 5.74) is 0.891. The van der Waals surface area contributed by atoms with Gasteiger partial charge in [0.05, 0.1) is 16.4 Å². The number of benzene rings is 2. The molecule has 0 unspecified atom stereocenters. The van der Waals surface area contributed by atoms with Crippen molar-refractivity contribution < 1.29 is 17.9 Å². The van der Waals surface area contributed by atoms with Crippen LogP contribution in [0.3, 0.4) is 0 Å². The van der Waals surface area contributed by atoms with Crippen LogP contribution < -0.4 is 4.74 Å². The number of hydrogen-bond acceptors (Lipinski definition) is 7. The van der Waals surface area contributed by atoms with Gasteiger partial charge in [-0.15, -0.1) is 0 Å². The van der Waals surface area contributed by atoms with Crippen LogP contribution in [0.15, 0.2) is 59.5 Å². The first-order valence-electron chi connectivity index (χ1n) is 9.91. The number of amides is 1. The third kappa shape index (κ3) is 5.74. The van der Waals surface area contributed by atoms with Crippen molar-refractivity contribution in [1.29, 1.82) is 0 Å². The molecule has 2 aromatic rings. The molecule has 0 bridgehead atoms. The molecule has 9 heteroatoms. The zero-order chi connectivity index (χ0) is 21.8. The molecule has 0 saturated carbocycles. The highest BCUT2D eigenvalue weighted by Gasteiger charge is 2.32. The zero-order valence-corrected chi connectivity index (χ0v) is 19.2. The van der Waals surface area contributed by atoms with Crippen LogP contribution in [0.25, 0.3) is 6.08 Å². The number of carbonyl (C=O) groups is 1. The van der Waals surface area contributed by atoms with Crippen LogP contribution in [0, 0.1) is 0 Å². The van der Waals surface area contributed by atoms with Crippen LogP contribution in [0.2, 0.25) is 0 Å². The first-order chi connectivity index (χ1) is 14.9. The molecule has 162 valence electrons. The van der Waals surface area contributed by atoms with Crippen molar-refractivity contribution in [3.8, 4) is 11.5 Å². The molecule has 0 spiro atoms. The summed E-state index contributed by atoms with van der Waals surface area (Å²) in [4.78, 5) is 17.1. The van der Waals surface area contributed by atoms with Gasteiger partial charge < -0.3 is 4.74 Å². The van der Waals surface area contributed by atoms with Gasteiger partial charge in [0.2, 0.25) is 0 Å². The number of rotatable bonds is 6. The Morgan fingerprint density at radius 1 is 0.968 bits per heavy atom. The van der Waals surface area contributed by atoms with E-state index < -0.39 is 9.84 Å². The molecule has 2 aliphatic rings. The average Bonchev–Trinajstić information content (AvgIpc) is 3.02. The highest BCUT2D eigenvalue weighted by Crippen LogP contribution is 2.33. The third-order valence-corrected chi connectivity index (χ3v) is 8.09. The molecule has 2 aromatic carbocycles. The standard InChI is InChI=1S/C22H22N2O4S3/c25-21-20(16-17-6-8-19(9-7-17)28-18-4-2-1-3-5-18)30-22(29)24(21)11-10-23-12-14-31(26,27)15-13-23/h1-9,16H,10-15H2. The van der Waals surface area contributed by atoms with Crippen LogP contribution >= 0.6 is 24.0 Å². The zero-order valence-electron chi connectivity index (χ0n) is 16.8. The second-order valence-electron chi connectivity index (χ2n) is 7.31. The quantitative estimate of drug-likeness (QED) is 0.470. The molecule has 6 nitrogen and oxygen atoms in total. The molecule has 0 aromatic heterocycles. The Morgan fingerprint density at radius 3 is 2.29 bits per heavy atom. The van der Waals surface area contributed by atoms with Gasteiger partial charge in [0.25, 0.3) is 5.91 Å². The van der Waals surface area contributed by atoms with Crippen molar-refractivity contribution in [2.45, 2.75) is 0 Å². The summed E-state index contributed by atoms with van der Waals surface area (Å²) in [6, 6.07) is 17.1.